The number of aliphatic hydroxyl groups is 1. The summed E-state index contributed by atoms with van der Waals surface area (Å²) in [5.74, 6) is 0.325. The van der Waals surface area contributed by atoms with Gasteiger partial charge in [-0.2, -0.15) is 0 Å². The monoisotopic (exact) mass is 462 g/mol. The third-order valence-electron chi connectivity index (χ3n) is 3.85. The molecule has 0 unspecified atom stereocenters. The molecule has 162 valence electrons. The number of Topliss-reactive ketones (excluding diaryl/α,β-unsaturated/α-hetero) is 1. The van der Waals surface area contributed by atoms with E-state index >= 15 is 0 Å². The largest absolute Gasteiger partial charge is 2.00 e. The van der Waals surface area contributed by atoms with E-state index in [2.05, 4.69) is 13.8 Å². The molecule has 1 aliphatic rings. The van der Waals surface area contributed by atoms with Gasteiger partial charge in [-0.05, 0) is 46.5 Å². The Hall–Kier alpha value is 0.836. The Morgan fingerprint density at radius 3 is 1.67 bits per heavy atom. The van der Waals surface area contributed by atoms with Crippen LogP contribution in [-0.4, -0.2) is 52.8 Å². The van der Waals surface area contributed by atoms with Gasteiger partial charge in [0.1, 0.15) is 5.78 Å². The normalized spacial score (nSPS) is 12.1. The number of hydrogen-bond donors (Lipinski definition) is 1. The Bertz CT molecular complexity index is 257. The molecule has 1 saturated heterocycles. The van der Waals surface area contributed by atoms with Crippen molar-refractivity contribution in [2.45, 2.75) is 117 Å². The van der Waals surface area contributed by atoms with Crippen molar-refractivity contribution in [2.75, 3.05) is 13.2 Å². The van der Waals surface area contributed by atoms with Crippen LogP contribution in [0.5, 0.6) is 0 Å². The van der Waals surface area contributed by atoms with E-state index in [9.17, 15) is 9.90 Å². The quantitative estimate of drug-likeness (QED) is 0.308. The van der Waals surface area contributed by atoms with Crippen LogP contribution in [0, 0.1) is 7.43 Å². The Balaban J connectivity index is -0.0000000881. The zero-order chi connectivity index (χ0) is 18.7. The molecule has 1 aliphatic heterocycles. The van der Waals surface area contributed by atoms with E-state index in [4.69, 9.17) is 4.74 Å². The van der Waals surface area contributed by atoms with Crippen LogP contribution in [0.4, 0.5) is 0 Å². The van der Waals surface area contributed by atoms with Crippen LogP contribution in [0.3, 0.4) is 0 Å². The summed E-state index contributed by atoms with van der Waals surface area (Å²) in [6, 6.07) is 0. The van der Waals surface area contributed by atoms with Crippen molar-refractivity contribution in [2.24, 2.45) is 0 Å². The van der Waals surface area contributed by atoms with Crippen LogP contribution in [0.15, 0.2) is 0 Å². The summed E-state index contributed by atoms with van der Waals surface area (Å²) in [6.45, 7) is 11.8. The molecule has 27 heavy (non-hydrogen) atoms. The summed E-state index contributed by atoms with van der Waals surface area (Å²) in [5.41, 5.74) is -0.451. The molecular weight excluding hydrogens is 416 g/mol. The summed E-state index contributed by atoms with van der Waals surface area (Å²) >= 11 is 0. The number of ether oxygens (including phenoxy) is 1. The SMILES string of the molecule is C1CCOC1.CCCCCCC(C)(C)O.CCCCCCC(C)=O.[Br-].[CH3-].[Mg+2]. The summed E-state index contributed by atoms with van der Waals surface area (Å²) in [6.07, 6.45) is 14.1. The zero-order valence-corrected chi connectivity index (χ0v) is 22.2. The topological polar surface area (TPSA) is 46.5 Å². The zero-order valence-electron chi connectivity index (χ0n) is 19.2. The second-order valence-corrected chi connectivity index (χ2v) is 7.46. The van der Waals surface area contributed by atoms with Gasteiger partial charge in [0, 0.05) is 19.6 Å². The molecule has 1 fully saturated rings. The molecule has 5 heteroatoms. The fraction of sp³-hybridized carbons (Fsp3) is 0.909. The number of carbonyl (C=O) groups is 1. The maximum absolute atomic E-state index is 10.4. The molecule has 1 heterocycles. The molecule has 0 aromatic carbocycles. The molecule has 3 nitrogen and oxygen atoms in total. The van der Waals surface area contributed by atoms with Gasteiger partial charge in [-0.25, -0.2) is 0 Å². The number of carbonyl (C=O) groups excluding carboxylic acids is 1. The first kappa shape index (κ1) is 38.4. The van der Waals surface area contributed by atoms with Crippen molar-refractivity contribution in [1.82, 2.24) is 0 Å². The van der Waals surface area contributed by atoms with Gasteiger partial charge >= 0.3 is 23.1 Å². The average molecular weight is 464 g/mol. The van der Waals surface area contributed by atoms with Crippen LogP contribution in [0.2, 0.25) is 0 Å². The Kier molecular flexibility index (Phi) is 41.3. The third kappa shape index (κ3) is 46.7. The fourth-order valence-corrected chi connectivity index (χ4v) is 2.30. The minimum atomic E-state index is -0.451. The second-order valence-electron chi connectivity index (χ2n) is 7.46. The van der Waals surface area contributed by atoms with Crippen molar-refractivity contribution in [3.8, 4) is 0 Å². The van der Waals surface area contributed by atoms with E-state index in [1.54, 1.807) is 6.92 Å². The van der Waals surface area contributed by atoms with E-state index in [0.717, 1.165) is 38.9 Å². The number of hydrogen-bond acceptors (Lipinski definition) is 3. The van der Waals surface area contributed by atoms with Crippen molar-refractivity contribution in [1.29, 1.82) is 0 Å². The molecule has 0 spiro atoms. The van der Waals surface area contributed by atoms with Crippen molar-refractivity contribution in [3.63, 3.8) is 0 Å². The second kappa shape index (κ2) is 29.0. The molecule has 0 amide bonds. The van der Waals surface area contributed by atoms with E-state index in [0.29, 0.717) is 5.78 Å². The van der Waals surface area contributed by atoms with Gasteiger partial charge in [0.2, 0.25) is 0 Å². The van der Waals surface area contributed by atoms with Crippen molar-refractivity contribution < 1.29 is 31.6 Å². The number of halogens is 1. The molecular formula is C22H47BrMgO3. The van der Waals surface area contributed by atoms with E-state index in [1.165, 1.54) is 51.4 Å². The van der Waals surface area contributed by atoms with Gasteiger partial charge in [-0.1, -0.05) is 58.8 Å². The summed E-state index contributed by atoms with van der Waals surface area (Å²) < 4.78 is 4.94. The summed E-state index contributed by atoms with van der Waals surface area (Å²) in [5, 5.41) is 9.32. The first-order valence-corrected chi connectivity index (χ1v) is 10.1. The Morgan fingerprint density at radius 1 is 0.926 bits per heavy atom. The number of rotatable bonds is 10. The Labute approximate surface area is 197 Å². The number of unbranched alkanes of at least 4 members (excludes halogenated alkanes) is 6. The smallest absolute Gasteiger partial charge is 1.00 e. The van der Waals surface area contributed by atoms with Crippen LogP contribution < -0.4 is 17.0 Å². The molecule has 1 rings (SSSR count). The molecule has 1 N–H and O–H groups in total. The first-order valence-electron chi connectivity index (χ1n) is 10.1. The first-order chi connectivity index (χ1) is 11.3. The standard InChI is InChI=1S/C9H20O.C8H16O.C4H8O.CH3.BrH.Mg/c1-4-5-6-7-8-9(2,3)10;1-3-4-5-6-7-8(2)9;1-2-4-5-3-1;;;/h10H,4-8H2,1-3H3;3-7H2,1-2H3;1-4H2;1H3;1H;/q;;;-1;;+2/p-1. The van der Waals surface area contributed by atoms with Crippen LogP contribution in [0.25, 0.3) is 0 Å². The van der Waals surface area contributed by atoms with Crippen molar-refractivity contribution >= 4 is 28.8 Å². The van der Waals surface area contributed by atoms with Crippen molar-refractivity contribution in [3.05, 3.63) is 7.43 Å². The summed E-state index contributed by atoms with van der Waals surface area (Å²) in [4.78, 5) is 10.4. The van der Waals surface area contributed by atoms with Crippen LogP contribution >= 0.6 is 0 Å². The minimum Gasteiger partial charge on any atom is -1.00 e. The molecule has 0 aliphatic carbocycles. The molecule has 0 atom stereocenters. The van der Waals surface area contributed by atoms with Gasteiger partial charge < -0.3 is 39.0 Å². The average Bonchev–Trinajstić information content (AvgIpc) is 3.07. The van der Waals surface area contributed by atoms with E-state index in [-0.39, 0.29) is 47.5 Å². The van der Waals surface area contributed by atoms with E-state index < -0.39 is 5.60 Å². The number of ketones is 1. The van der Waals surface area contributed by atoms with Gasteiger partial charge in [-0.3, -0.25) is 0 Å². The van der Waals surface area contributed by atoms with Crippen LogP contribution in [-0.2, 0) is 9.53 Å². The van der Waals surface area contributed by atoms with Crippen LogP contribution in [0.1, 0.15) is 112 Å². The maximum atomic E-state index is 10.4. The van der Waals surface area contributed by atoms with E-state index in [1.807, 2.05) is 13.8 Å². The van der Waals surface area contributed by atoms with Gasteiger partial charge in [-0.15, -0.1) is 0 Å². The maximum Gasteiger partial charge on any atom is 2.00 e. The molecule has 0 bridgehead atoms. The predicted molar refractivity (Wildman–Crippen MR) is 117 cm³/mol. The molecule has 0 saturated carbocycles. The third-order valence-corrected chi connectivity index (χ3v) is 3.85. The van der Waals surface area contributed by atoms with Gasteiger partial charge in [0.25, 0.3) is 0 Å². The predicted octanol–water partition coefficient (Wildman–Crippen LogP) is 3.14. The fourth-order valence-electron chi connectivity index (χ4n) is 2.30. The minimum absolute atomic E-state index is 0. The molecule has 0 aromatic rings. The van der Waals surface area contributed by atoms with Gasteiger partial charge in [0.15, 0.2) is 0 Å². The summed E-state index contributed by atoms with van der Waals surface area (Å²) in [7, 11) is 0. The Morgan fingerprint density at radius 2 is 1.37 bits per heavy atom. The van der Waals surface area contributed by atoms with Gasteiger partial charge in [0.05, 0.1) is 5.60 Å². The molecule has 0 radical (unpaired) electrons. The molecule has 0 aromatic heterocycles.